The van der Waals surface area contributed by atoms with E-state index < -0.39 is 0 Å². The SMILES string of the molecule is CCN(CC)C(=Cc1ccccc1)c1sc2ccccc2[n+]1CC. The van der Waals surface area contributed by atoms with E-state index in [1.165, 1.54) is 26.5 Å². The van der Waals surface area contributed by atoms with Crippen LogP contribution in [0.15, 0.2) is 54.6 Å². The van der Waals surface area contributed by atoms with Crippen molar-refractivity contribution in [2.75, 3.05) is 13.1 Å². The van der Waals surface area contributed by atoms with Crippen molar-refractivity contribution in [3.05, 3.63) is 65.2 Å². The van der Waals surface area contributed by atoms with E-state index in [9.17, 15) is 0 Å². The summed E-state index contributed by atoms with van der Waals surface area (Å²) in [7, 11) is 0. The third kappa shape index (κ3) is 3.22. The van der Waals surface area contributed by atoms with Crippen molar-refractivity contribution in [2.45, 2.75) is 27.3 Å². The van der Waals surface area contributed by atoms with Gasteiger partial charge in [0.1, 0.15) is 16.9 Å². The van der Waals surface area contributed by atoms with E-state index in [0.717, 1.165) is 19.6 Å². The van der Waals surface area contributed by atoms with Crippen LogP contribution in [0.4, 0.5) is 0 Å². The van der Waals surface area contributed by atoms with Crippen LogP contribution in [0.1, 0.15) is 31.3 Å². The monoisotopic (exact) mass is 337 g/mol. The minimum Gasteiger partial charge on any atom is -0.366 e. The minimum absolute atomic E-state index is 0.979. The maximum Gasteiger partial charge on any atom is 0.286 e. The molecule has 2 aromatic carbocycles. The van der Waals surface area contributed by atoms with E-state index >= 15 is 0 Å². The quantitative estimate of drug-likeness (QED) is 0.571. The van der Waals surface area contributed by atoms with E-state index in [1.54, 1.807) is 0 Å². The summed E-state index contributed by atoms with van der Waals surface area (Å²) < 4.78 is 3.79. The molecule has 0 saturated carbocycles. The summed E-state index contributed by atoms with van der Waals surface area (Å²) in [6.07, 6.45) is 2.32. The van der Waals surface area contributed by atoms with E-state index in [-0.39, 0.29) is 0 Å². The number of fused-ring (bicyclic) bond motifs is 1. The van der Waals surface area contributed by atoms with Gasteiger partial charge < -0.3 is 4.90 Å². The fourth-order valence-corrected chi connectivity index (χ4v) is 4.37. The number of benzene rings is 2. The van der Waals surface area contributed by atoms with Crippen molar-refractivity contribution >= 4 is 33.3 Å². The summed E-state index contributed by atoms with van der Waals surface area (Å²) in [6, 6.07) is 19.3. The van der Waals surface area contributed by atoms with E-state index in [0.29, 0.717) is 0 Å². The fraction of sp³-hybridized carbons (Fsp3) is 0.286. The van der Waals surface area contributed by atoms with E-state index in [2.05, 4.69) is 90.9 Å². The van der Waals surface area contributed by atoms with Gasteiger partial charge in [0.25, 0.3) is 5.01 Å². The van der Waals surface area contributed by atoms with Gasteiger partial charge in [-0.3, -0.25) is 0 Å². The van der Waals surface area contributed by atoms with E-state index in [4.69, 9.17) is 0 Å². The van der Waals surface area contributed by atoms with Gasteiger partial charge in [0.15, 0.2) is 0 Å². The number of hydrogen-bond donors (Lipinski definition) is 0. The fourth-order valence-electron chi connectivity index (χ4n) is 3.10. The van der Waals surface area contributed by atoms with Gasteiger partial charge in [-0.15, -0.1) is 0 Å². The Balaban J connectivity index is 2.21. The summed E-state index contributed by atoms with van der Waals surface area (Å²) >= 11 is 1.89. The molecule has 0 amide bonds. The summed E-state index contributed by atoms with van der Waals surface area (Å²) in [5, 5.41) is 1.34. The topological polar surface area (TPSA) is 7.12 Å². The normalized spacial score (nSPS) is 11.9. The molecule has 124 valence electrons. The Bertz CT molecular complexity index is 829. The lowest BCUT2D eigenvalue weighted by atomic mass is 10.2. The first kappa shape index (κ1) is 16.7. The van der Waals surface area contributed by atoms with E-state index in [1.807, 2.05) is 11.3 Å². The first-order valence-corrected chi connectivity index (χ1v) is 9.53. The highest BCUT2D eigenvalue weighted by atomic mass is 32.1. The van der Waals surface area contributed by atoms with Gasteiger partial charge in [-0.05, 0) is 38.5 Å². The molecule has 0 fully saturated rings. The number of hydrogen-bond acceptors (Lipinski definition) is 2. The van der Waals surface area contributed by atoms with Crippen LogP contribution in [0.3, 0.4) is 0 Å². The molecular formula is C21H25N2S+. The standard InChI is InChI=1S/C21H25N2S/c1-4-22(5-2)19(16-17-12-8-7-9-13-17)21-23(6-3)18-14-10-11-15-20(18)24-21/h7-16H,4-6H2,1-3H3/q+1. The molecule has 1 heterocycles. The Labute approximate surface area is 148 Å². The van der Waals surface area contributed by atoms with Gasteiger partial charge in [-0.25, -0.2) is 0 Å². The Morgan fingerprint density at radius 1 is 0.958 bits per heavy atom. The molecule has 0 unspecified atom stereocenters. The molecule has 0 atom stereocenters. The van der Waals surface area contributed by atoms with Gasteiger partial charge in [-0.1, -0.05) is 53.8 Å². The lowest BCUT2D eigenvalue weighted by molar-refractivity contribution is -0.666. The molecule has 3 rings (SSSR count). The molecule has 0 spiro atoms. The molecule has 0 aliphatic rings. The van der Waals surface area contributed by atoms with Crippen molar-refractivity contribution in [3.8, 4) is 0 Å². The highest BCUT2D eigenvalue weighted by Crippen LogP contribution is 2.29. The molecule has 0 aliphatic heterocycles. The third-order valence-electron chi connectivity index (χ3n) is 4.35. The number of aromatic nitrogens is 1. The predicted octanol–water partition coefficient (Wildman–Crippen LogP) is 5.05. The second-order valence-electron chi connectivity index (χ2n) is 5.73. The maximum atomic E-state index is 2.45. The van der Waals surface area contributed by atoms with Crippen LogP contribution in [-0.2, 0) is 6.54 Å². The molecule has 0 saturated heterocycles. The van der Waals surface area contributed by atoms with Crippen molar-refractivity contribution in [1.29, 1.82) is 0 Å². The molecule has 0 N–H and O–H groups in total. The number of para-hydroxylation sites is 1. The second kappa shape index (κ2) is 7.63. The molecule has 1 aromatic heterocycles. The summed E-state index contributed by atoms with van der Waals surface area (Å²) in [5.41, 5.74) is 3.89. The molecule has 0 bridgehead atoms. The number of aryl methyl sites for hydroxylation is 1. The van der Waals surface area contributed by atoms with Gasteiger partial charge in [0, 0.05) is 19.2 Å². The van der Waals surface area contributed by atoms with Crippen molar-refractivity contribution in [3.63, 3.8) is 0 Å². The molecule has 0 radical (unpaired) electrons. The number of rotatable bonds is 6. The molecular weight excluding hydrogens is 312 g/mol. The van der Waals surface area contributed by atoms with Gasteiger partial charge in [0.05, 0.1) is 0 Å². The molecule has 24 heavy (non-hydrogen) atoms. The van der Waals surface area contributed by atoms with Crippen LogP contribution < -0.4 is 4.57 Å². The Kier molecular flexibility index (Phi) is 5.31. The first-order valence-electron chi connectivity index (χ1n) is 8.71. The smallest absolute Gasteiger partial charge is 0.286 e. The van der Waals surface area contributed by atoms with Gasteiger partial charge in [0.2, 0.25) is 5.52 Å². The predicted molar refractivity (Wildman–Crippen MR) is 105 cm³/mol. The zero-order valence-electron chi connectivity index (χ0n) is 14.7. The van der Waals surface area contributed by atoms with Crippen LogP contribution in [0.2, 0.25) is 0 Å². The van der Waals surface area contributed by atoms with Gasteiger partial charge >= 0.3 is 0 Å². The molecule has 3 heteroatoms. The van der Waals surface area contributed by atoms with Crippen LogP contribution in [-0.4, -0.2) is 18.0 Å². The van der Waals surface area contributed by atoms with Crippen LogP contribution in [0.5, 0.6) is 0 Å². The zero-order valence-corrected chi connectivity index (χ0v) is 15.5. The van der Waals surface area contributed by atoms with Crippen molar-refractivity contribution in [2.24, 2.45) is 0 Å². The van der Waals surface area contributed by atoms with Crippen molar-refractivity contribution in [1.82, 2.24) is 4.90 Å². The average molecular weight is 338 g/mol. The number of thiazole rings is 1. The highest BCUT2D eigenvalue weighted by molar-refractivity contribution is 7.19. The van der Waals surface area contributed by atoms with Crippen LogP contribution >= 0.6 is 11.3 Å². The average Bonchev–Trinajstić information content (AvgIpc) is 3.01. The van der Waals surface area contributed by atoms with Crippen LogP contribution in [0, 0.1) is 0 Å². The molecule has 3 aromatic rings. The Morgan fingerprint density at radius 2 is 1.62 bits per heavy atom. The lowest BCUT2D eigenvalue weighted by Crippen LogP contribution is -2.37. The third-order valence-corrected chi connectivity index (χ3v) is 5.54. The Morgan fingerprint density at radius 3 is 2.29 bits per heavy atom. The summed E-state index contributed by atoms with van der Waals surface area (Å²) in [5.74, 6) is 0. The summed E-state index contributed by atoms with van der Waals surface area (Å²) in [6.45, 7) is 9.68. The second-order valence-corrected chi connectivity index (χ2v) is 6.76. The maximum absolute atomic E-state index is 2.45. The van der Waals surface area contributed by atoms with Crippen molar-refractivity contribution < 1.29 is 4.57 Å². The minimum atomic E-state index is 0.979. The molecule has 2 nitrogen and oxygen atoms in total. The first-order chi connectivity index (χ1) is 11.8. The van der Waals surface area contributed by atoms with Crippen LogP contribution in [0.25, 0.3) is 22.0 Å². The molecule has 0 aliphatic carbocycles. The number of nitrogens with zero attached hydrogens (tertiary/aromatic N) is 2. The lowest BCUT2D eigenvalue weighted by Gasteiger charge is -2.22. The highest BCUT2D eigenvalue weighted by Gasteiger charge is 2.25. The summed E-state index contributed by atoms with van der Waals surface area (Å²) in [4.78, 5) is 2.45. The van der Waals surface area contributed by atoms with Gasteiger partial charge in [-0.2, -0.15) is 4.57 Å². The largest absolute Gasteiger partial charge is 0.366 e. The zero-order chi connectivity index (χ0) is 16.9. The Hall–Kier alpha value is -2.13.